The summed E-state index contributed by atoms with van der Waals surface area (Å²) in [6.45, 7) is 3.79. The zero-order chi connectivity index (χ0) is 15.3. The van der Waals surface area contributed by atoms with Gasteiger partial charge in [0, 0.05) is 0 Å². The molecule has 0 aromatic heterocycles. The van der Waals surface area contributed by atoms with E-state index in [0.29, 0.717) is 11.3 Å². The SMILES string of the molecule is C=CCN(c1ccccc1)S(=O)(=O)Cc1ccc(F)cc1. The molecule has 0 heterocycles. The van der Waals surface area contributed by atoms with Crippen LogP contribution in [0.5, 0.6) is 0 Å². The van der Waals surface area contributed by atoms with Crippen molar-refractivity contribution < 1.29 is 12.8 Å². The van der Waals surface area contributed by atoms with E-state index < -0.39 is 10.0 Å². The van der Waals surface area contributed by atoms with Gasteiger partial charge < -0.3 is 0 Å². The monoisotopic (exact) mass is 305 g/mol. The molecule has 0 N–H and O–H groups in total. The average Bonchev–Trinajstić information content (AvgIpc) is 2.48. The molecule has 0 radical (unpaired) electrons. The third-order valence-electron chi connectivity index (χ3n) is 2.94. The van der Waals surface area contributed by atoms with E-state index >= 15 is 0 Å². The van der Waals surface area contributed by atoms with Crippen LogP contribution < -0.4 is 4.31 Å². The van der Waals surface area contributed by atoms with Crippen LogP contribution in [-0.4, -0.2) is 15.0 Å². The van der Waals surface area contributed by atoms with E-state index in [0.717, 1.165) is 0 Å². The van der Waals surface area contributed by atoms with Crippen LogP contribution >= 0.6 is 0 Å². The summed E-state index contributed by atoms with van der Waals surface area (Å²) in [5.41, 5.74) is 1.13. The van der Waals surface area contributed by atoms with Crippen LogP contribution in [0.25, 0.3) is 0 Å². The fraction of sp³-hybridized carbons (Fsp3) is 0.125. The van der Waals surface area contributed by atoms with E-state index in [1.807, 2.05) is 6.07 Å². The third kappa shape index (κ3) is 3.92. The highest BCUT2D eigenvalue weighted by Crippen LogP contribution is 2.20. The molecule has 2 rings (SSSR count). The molecule has 2 aromatic carbocycles. The van der Waals surface area contributed by atoms with E-state index in [1.54, 1.807) is 24.3 Å². The zero-order valence-electron chi connectivity index (χ0n) is 11.4. The van der Waals surface area contributed by atoms with Gasteiger partial charge in [0.1, 0.15) is 5.82 Å². The lowest BCUT2D eigenvalue weighted by atomic mass is 10.2. The molecule has 0 aliphatic rings. The Kier molecular flexibility index (Phi) is 4.75. The number of rotatable bonds is 6. The standard InChI is InChI=1S/C16H16FNO2S/c1-2-12-18(16-6-4-3-5-7-16)21(19,20)13-14-8-10-15(17)11-9-14/h2-11H,1,12-13H2. The Bertz CT molecular complexity index is 697. The Balaban J connectivity index is 2.30. The summed E-state index contributed by atoms with van der Waals surface area (Å²) in [4.78, 5) is 0. The number of nitrogens with zero attached hydrogens (tertiary/aromatic N) is 1. The third-order valence-corrected chi connectivity index (χ3v) is 4.67. The first-order valence-corrected chi connectivity index (χ1v) is 8.04. The summed E-state index contributed by atoms with van der Waals surface area (Å²) in [7, 11) is -3.56. The smallest absolute Gasteiger partial charge is 0.239 e. The second kappa shape index (κ2) is 6.54. The lowest BCUT2D eigenvalue weighted by molar-refractivity contribution is 0.591. The van der Waals surface area contributed by atoms with Gasteiger partial charge in [0.05, 0.1) is 18.0 Å². The minimum absolute atomic E-state index is 0.185. The van der Waals surface area contributed by atoms with Gasteiger partial charge in [-0.2, -0.15) is 0 Å². The van der Waals surface area contributed by atoms with Gasteiger partial charge in [-0.15, -0.1) is 6.58 Å². The van der Waals surface area contributed by atoms with Crippen molar-refractivity contribution in [1.82, 2.24) is 0 Å². The molecule has 21 heavy (non-hydrogen) atoms. The summed E-state index contributed by atoms with van der Waals surface area (Å²) in [5.74, 6) is -0.571. The van der Waals surface area contributed by atoms with E-state index in [-0.39, 0.29) is 18.1 Å². The van der Waals surface area contributed by atoms with E-state index in [2.05, 4.69) is 6.58 Å². The van der Waals surface area contributed by atoms with Gasteiger partial charge in [0.2, 0.25) is 10.0 Å². The molecule has 0 amide bonds. The minimum Gasteiger partial charge on any atom is -0.266 e. The van der Waals surface area contributed by atoms with Gasteiger partial charge in [0.25, 0.3) is 0 Å². The van der Waals surface area contributed by atoms with Crippen molar-refractivity contribution in [3.8, 4) is 0 Å². The predicted molar refractivity (Wildman–Crippen MR) is 83.0 cm³/mol. The summed E-state index contributed by atoms with van der Waals surface area (Å²) in [5, 5.41) is 0. The van der Waals surface area contributed by atoms with Crippen molar-refractivity contribution in [2.75, 3.05) is 10.8 Å². The Morgan fingerprint density at radius 2 is 1.67 bits per heavy atom. The van der Waals surface area contributed by atoms with Gasteiger partial charge >= 0.3 is 0 Å². The topological polar surface area (TPSA) is 37.4 Å². The number of benzene rings is 2. The number of halogens is 1. The molecule has 0 bridgehead atoms. The van der Waals surface area contributed by atoms with Crippen LogP contribution in [0.2, 0.25) is 0 Å². The summed E-state index contributed by atoms with van der Waals surface area (Å²) in [6, 6.07) is 14.3. The van der Waals surface area contributed by atoms with Crippen molar-refractivity contribution in [3.63, 3.8) is 0 Å². The average molecular weight is 305 g/mol. The van der Waals surface area contributed by atoms with Crippen molar-refractivity contribution in [3.05, 3.63) is 78.6 Å². The van der Waals surface area contributed by atoms with E-state index in [1.165, 1.54) is 34.6 Å². The van der Waals surface area contributed by atoms with Crippen LogP contribution in [0.15, 0.2) is 67.3 Å². The van der Waals surface area contributed by atoms with Crippen LogP contribution in [0.3, 0.4) is 0 Å². The van der Waals surface area contributed by atoms with E-state index in [9.17, 15) is 12.8 Å². The molecule has 0 atom stereocenters. The molecule has 0 aliphatic heterocycles. The Hall–Kier alpha value is -2.14. The van der Waals surface area contributed by atoms with Crippen LogP contribution in [-0.2, 0) is 15.8 Å². The molecule has 110 valence electrons. The quantitative estimate of drug-likeness (QED) is 0.768. The van der Waals surface area contributed by atoms with Gasteiger partial charge in [0.15, 0.2) is 0 Å². The van der Waals surface area contributed by atoms with Crippen molar-refractivity contribution in [1.29, 1.82) is 0 Å². The first kappa shape index (κ1) is 15.3. The summed E-state index contributed by atoms with van der Waals surface area (Å²) >= 11 is 0. The highest BCUT2D eigenvalue weighted by molar-refractivity contribution is 7.92. The highest BCUT2D eigenvalue weighted by Gasteiger charge is 2.21. The fourth-order valence-corrected chi connectivity index (χ4v) is 3.51. The second-order valence-electron chi connectivity index (χ2n) is 4.54. The maximum absolute atomic E-state index is 12.9. The first-order valence-electron chi connectivity index (χ1n) is 6.44. The summed E-state index contributed by atoms with van der Waals surface area (Å²) in [6.07, 6.45) is 1.54. The number of hydrogen-bond acceptors (Lipinski definition) is 2. The van der Waals surface area contributed by atoms with Gasteiger partial charge in [-0.05, 0) is 29.8 Å². The molecule has 5 heteroatoms. The van der Waals surface area contributed by atoms with Crippen LogP contribution in [0.1, 0.15) is 5.56 Å². The zero-order valence-corrected chi connectivity index (χ0v) is 12.3. The lowest BCUT2D eigenvalue weighted by Gasteiger charge is -2.23. The molecule has 0 saturated heterocycles. The maximum Gasteiger partial charge on any atom is 0.239 e. The number of anilines is 1. The van der Waals surface area contributed by atoms with Crippen molar-refractivity contribution in [2.24, 2.45) is 0 Å². The van der Waals surface area contributed by atoms with Crippen molar-refractivity contribution >= 4 is 15.7 Å². The molecule has 0 spiro atoms. The second-order valence-corrected chi connectivity index (χ2v) is 6.43. The largest absolute Gasteiger partial charge is 0.266 e. The number of sulfonamides is 1. The highest BCUT2D eigenvalue weighted by atomic mass is 32.2. The molecular formula is C16H16FNO2S. The normalized spacial score (nSPS) is 11.1. The Labute approximate surface area is 124 Å². The Morgan fingerprint density at radius 1 is 1.05 bits per heavy atom. The fourth-order valence-electron chi connectivity index (χ4n) is 1.96. The molecule has 2 aromatic rings. The minimum atomic E-state index is -3.56. The first-order chi connectivity index (χ1) is 10.0. The van der Waals surface area contributed by atoms with Crippen molar-refractivity contribution in [2.45, 2.75) is 5.75 Å². The molecule has 0 fully saturated rings. The summed E-state index contributed by atoms with van der Waals surface area (Å²) < 4.78 is 39.3. The molecular weight excluding hydrogens is 289 g/mol. The van der Waals surface area contributed by atoms with Crippen LogP contribution in [0, 0.1) is 5.82 Å². The maximum atomic E-state index is 12.9. The molecule has 0 aliphatic carbocycles. The predicted octanol–water partition coefficient (Wildman–Crippen LogP) is 3.35. The molecule has 0 unspecified atom stereocenters. The molecule has 0 saturated carbocycles. The van der Waals surface area contributed by atoms with Crippen LogP contribution in [0.4, 0.5) is 10.1 Å². The van der Waals surface area contributed by atoms with E-state index in [4.69, 9.17) is 0 Å². The number of para-hydroxylation sites is 1. The lowest BCUT2D eigenvalue weighted by Crippen LogP contribution is -2.32. The Morgan fingerprint density at radius 3 is 2.24 bits per heavy atom. The van der Waals surface area contributed by atoms with Gasteiger partial charge in [-0.3, -0.25) is 4.31 Å². The number of hydrogen-bond donors (Lipinski definition) is 0. The molecule has 3 nitrogen and oxygen atoms in total. The van der Waals surface area contributed by atoms with Gasteiger partial charge in [-0.25, -0.2) is 12.8 Å². The van der Waals surface area contributed by atoms with Gasteiger partial charge in [-0.1, -0.05) is 36.4 Å².